The smallest absolute Gasteiger partial charge is 0.208 e. The van der Waals surface area contributed by atoms with Gasteiger partial charge in [-0.15, -0.1) is 0 Å². The number of oxazole rings is 1. The van der Waals surface area contributed by atoms with E-state index in [9.17, 15) is 0 Å². The van der Waals surface area contributed by atoms with Crippen LogP contribution in [0.4, 0.5) is 0 Å². The summed E-state index contributed by atoms with van der Waals surface area (Å²) < 4.78 is 5.71. The molecule has 3 rings (SSSR count). The van der Waals surface area contributed by atoms with E-state index in [4.69, 9.17) is 16.0 Å². The summed E-state index contributed by atoms with van der Waals surface area (Å²) in [6.07, 6.45) is 2.32. The van der Waals surface area contributed by atoms with Crippen LogP contribution in [0.15, 0.2) is 33.7 Å². The van der Waals surface area contributed by atoms with Gasteiger partial charge in [0, 0.05) is 25.2 Å². The van der Waals surface area contributed by atoms with Crippen molar-refractivity contribution in [3.63, 3.8) is 0 Å². The Morgan fingerprint density at radius 1 is 1.25 bits per heavy atom. The van der Waals surface area contributed by atoms with E-state index < -0.39 is 0 Å². The zero-order valence-electron chi connectivity index (χ0n) is 17.0. The summed E-state index contributed by atoms with van der Waals surface area (Å²) in [5, 5.41) is 7.56. The topological polar surface area (TPSA) is 65.7 Å². The van der Waals surface area contributed by atoms with Crippen LogP contribution in [0.3, 0.4) is 0 Å². The van der Waals surface area contributed by atoms with Gasteiger partial charge in [0.1, 0.15) is 5.76 Å². The fraction of sp³-hybridized carbons (Fsp3) is 0.524. The Morgan fingerprint density at radius 2 is 2.00 bits per heavy atom. The van der Waals surface area contributed by atoms with E-state index in [2.05, 4.69) is 25.5 Å². The minimum Gasteiger partial charge on any atom is -0.444 e. The van der Waals surface area contributed by atoms with Crippen molar-refractivity contribution in [2.75, 3.05) is 26.7 Å². The molecule has 6 nitrogen and oxygen atoms in total. The Hall–Kier alpha value is -2.05. The van der Waals surface area contributed by atoms with Gasteiger partial charge in [0.15, 0.2) is 5.96 Å². The van der Waals surface area contributed by atoms with Gasteiger partial charge in [0.2, 0.25) is 5.89 Å². The average molecular weight is 404 g/mol. The van der Waals surface area contributed by atoms with Crippen LogP contribution in [0, 0.1) is 19.8 Å². The quantitative estimate of drug-likeness (QED) is 0.570. The monoisotopic (exact) mass is 403 g/mol. The van der Waals surface area contributed by atoms with Crippen molar-refractivity contribution in [1.82, 2.24) is 20.5 Å². The first kappa shape index (κ1) is 20.7. The lowest BCUT2D eigenvalue weighted by Crippen LogP contribution is -2.42. The maximum absolute atomic E-state index is 6.22. The molecule has 1 aliphatic rings. The number of likely N-dealkylation sites (tertiary alicyclic amines) is 1. The summed E-state index contributed by atoms with van der Waals surface area (Å²) >= 11 is 6.22. The van der Waals surface area contributed by atoms with E-state index in [-0.39, 0.29) is 0 Å². The van der Waals surface area contributed by atoms with Gasteiger partial charge in [-0.25, -0.2) is 4.98 Å². The second-order valence-electron chi connectivity index (χ2n) is 7.37. The summed E-state index contributed by atoms with van der Waals surface area (Å²) in [5.41, 5.74) is 2.06. The summed E-state index contributed by atoms with van der Waals surface area (Å²) in [6, 6.07) is 7.86. The Kier molecular flexibility index (Phi) is 7.34. The highest BCUT2D eigenvalue weighted by Gasteiger charge is 2.21. The second kappa shape index (κ2) is 9.94. The lowest BCUT2D eigenvalue weighted by Gasteiger charge is -2.31. The molecular formula is C21H30ClN5O. The van der Waals surface area contributed by atoms with Gasteiger partial charge in [0.25, 0.3) is 0 Å². The SMILES string of the molecule is CN=C(NCc1ccccc1Cl)NCC1CCN(Cc2nc(C)c(C)o2)CC1. The fourth-order valence-corrected chi connectivity index (χ4v) is 3.63. The minimum atomic E-state index is 0.642. The number of benzene rings is 1. The predicted molar refractivity (Wildman–Crippen MR) is 114 cm³/mol. The number of guanidine groups is 1. The third-order valence-electron chi connectivity index (χ3n) is 5.32. The molecule has 0 bridgehead atoms. The van der Waals surface area contributed by atoms with Crippen LogP contribution < -0.4 is 10.6 Å². The summed E-state index contributed by atoms with van der Waals surface area (Å²) in [7, 11) is 1.80. The molecule has 1 fully saturated rings. The molecule has 1 aliphatic heterocycles. The molecular weight excluding hydrogens is 374 g/mol. The number of nitrogens with one attached hydrogen (secondary N) is 2. The molecule has 1 aromatic carbocycles. The zero-order valence-corrected chi connectivity index (χ0v) is 17.7. The van der Waals surface area contributed by atoms with E-state index in [0.29, 0.717) is 12.5 Å². The molecule has 1 saturated heterocycles. The van der Waals surface area contributed by atoms with Crippen LogP contribution in [0.25, 0.3) is 0 Å². The van der Waals surface area contributed by atoms with E-state index in [0.717, 1.165) is 72.9 Å². The number of nitrogens with zero attached hydrogens (tertiary/aromatic N) is 3. The molecule has 1 aromatic heterocycles. The van der Waals surface area contributed by atoms with E-state index >= 15 is 0 Å². The second-order valence-corrected chi connectivity index (χ2v) is 7.77. The number of aryl methyl sites for hydroxylation is 2. The van der Waals surface area contributed by atoms with Crippen molar-refractivity contribution in [1.29, 1.82) is 0 Å². The maximum Gasteiger partial charge on any atom is 0.208 e. The standard InChI is InChI=1S/C21H30ClN5O/c1-15-16(2)28-20(26-15)14-27-10-8-17(9-11-27)12-24-21(23-3)25-13-18-6-4-5-7-19(18)22/h4-7,17H,8-14H2,1-3H3,(H2,23,24,25). The van der Waals surface area contributed by atoms with E-state index in [1.807, 2.05) is 38.1 Å². The lowest BCUT2D eigenvalue weighted by molar-refractivity contribution is 0.164. The molecule has 28 heavy (non-hydrogen) atoms. The van der Waals surface area contributed by atoms with Gasteiger partial charge in [-0.1, -0.05) is 29.8 Å². The molecule has 0 radical (unpaired) electrons. The number of hydrogen-bond acceptors (Lipinski definition) is 4. The van der Waals surface area contributed by atoms with Gasteiger partial charge in [-0.2, -0.15) is 0 Å². The third-order valence-corrected chi connectivity index (χ3v) is 5.69. The molecule has 0 spiro atoms. The Balaban J connectivity index is 1.38. The van der Waals surface area contributed by atoms with Crippen LogP contribution in [-0.2, 0) is 13.1 Å². The highest BCUT2D eigenvalue weighted by molar-refractivity contribution is 6.31. The van der Waals surface area contributed by atoms with Crippen LogP contribution in [-0.4, -0.2) is 42.5 Å². The summed E-state index contributed by atoms with van der Waals surface area (Å²) in [6.45, 7) is 8.48. The van der Waals surface area contributed by atoms with Gasteiger partial charge in [0.05, 0.1) is 12.2 Å². The van der Waals surface area contributed by atoms with Crippen molar-refractivity contribution in [2.45, 2.75) is 39.8 Å². The van der Waals surface area contributed by atoms with Crippen LogP contribution >= 0.6 is 11.6 Å². The van der Waals surface area contributed by atoms with E-state index in [1.54, 1.807) is 7.05 Å². The van der Waals surface area contributed by atoms with Crippen LogP contribution in [0.2, 0.25) is 5.02 Å². The molecule has 2 aromatic rings. The molecule has 2 N–H and O–H groups in total. The molecule has 0 amide bonds. The normalized spacial score (nSPS) is 16.4. The molecule has 0 aliphatic carbocycles. The Bertz CT molecular complexity index is 776. The van der Waals surface area contributed by atoms with Crippen molar-refractivity contribution in [3.05, 3.63) is 52.2 Å². The number of piperidine rings is 1. The van der Waals surface area contributed by atoms with Crippen LogP contribution in [0.5, 0.6) is 0 Å². The highest BCUT2D eigenvalue weighted by Crippen LogP contribution is 2.19. The van der Waals surface area contributed by atoms with Crippen molar-refractivity contribution >= 4 is 17.6 Å². The Morgan fingerprint density at radius 3 is 2.64 bits per heavy atom. The third kappa shape index (κ3) is 5.72. The van der Waals surface area contributed by atoms with Gasteiger partial charge < -0.3 is 15.1 Å². The lowest BCUT2D eigenvalue weighted by atomic mass is 9.97. The first-order valence-corrected chi connectivity index (χ1v) is 10.3. The number of rotatable bonds is 6. The summed E-state index contributed by atoms with van der Waals surface area (Å²) in [4.78, 5) is 11.2. The molecule has 0 saturated carbocycles. The molecule has 7 heteroatoms. The zero-order chi connectivity index (χ0) is 19.9. The number of halogens is 1. The largest absolute Gasteiger partial charge is 0.444 e. The van der Waals surface area contributed by atoms with E-state index in [1.165, 1.54) is 0 Å². The van der Waals surface area contributed by atoms with Gasteiger partial charge in [-0.05, 0) is 57.3 Å². The van der Waals surface area contributed by atoms with Gasteiger partial charge >= 0.3 is 0 Å². The molecule has 152 valence electrons. The first-order valence-electron chi connectivity index (χ1n) is 9.88. The van der Waals surface area contributed by atoms with Crippen LogP contribution in [0.1, 0.15) is 35.7 Å². The fourth-order valence-electron chi connectivity index (χ4n) is 3.43. The van der Waals surface area contributed by atoms with Crippen molar-refractivity contribution in [2.24, 2.45) is 10.9 Å². The highest BCUT2D eigenvalue weighted by atomic mass is 35.5. The average Bonchev–Trinajstić information content (AvgIpc) is 3.01. The Labute approximate surface area is 172 Å². The van der Waals surface area contributed by atoms with Gasteiger partial charge in [-0.3, -0.25) is 9.89 Å². The summed E-state index contributed by atoms with van der Waals surface area (Å²) in [5.74, 6) is 3.21. The van der Waals surface area contributed by atoms with Crippen molar-refractivity contribution in [3.8, 4) is 0 Å². The molecule has 0 unspecified atom stereocenters. The number of aromatic nitrogens is 1. The minimum absolute atomic E-state index is 0.642. The predicted octanol–water partition coefficient (Wildman–Crippen LogP) is 3.52. The molecule has 2 heterocycles. The first-order chi connectivity index (χ1) is 13.5. The number of aliphatic imine (C=N–C) groups is 1. The molecule has 0 atom stereocenters. The number of hydrogen-bond donors (Lipinski definition) is 2. The maximum atomic E-state index is 6.22. The van der Waals surface area contributed by atoms with Crippen molar-refractivity contribution < 1.29 is 4.42 Å².